The number of halogens is 2. The van der Waals surface area contributed by atoms with Gasteiger partial charge in [-0.25, -0.2) is 8.78 Å². The van der Waals surface area contributed by atoms with Gasteiger partial charge in [-0.2, -0.15) is 0 Å². The van der Waals surface area contributed by atoms with E-state index in [1.54, 1.807) is 6.07 Å². The predicted octanol–water partition coefficient (Wildman–Crippen LogP) is 4.44. The molecule has 0 bridgehead atoms. The minimum absolute atomic E-state index is 0.387. The van der Waals surface area contributed by atoms with Crippen molar-refractivity contribution in [3.05, 3.63) is 64.6 Å². The monoisotopic (exact) mass is 444 g/mol. The lowest BCUT2D eigenvalue weighted by Gasteiger charge is -2.26. The lowest BCUT2D eigenvalue weighted by atomic mass is 9.95. The van der Waals surface area contributed by atoms with Crippen molar-refractivity contribution < 1.29 is 23.1 Å². The van der Waals surface area contributed by atoms with Gasteiger partial charge in [0.25, 0.3) is 11.1 Å². The number of hydrogen-bond acceptors (Lipinski definition) is 5. The largest absolute Gasteiger partial charge is 0.379 e. The zero-order chi connectivity index (χ0) is 21.8. The molecule has 0 aromatic heterocycles. The molecule has 2 saturated heterocycles. The van der Waals surface area contributed by atoms with Gasteiger partial charge in [-0.1, -0.05) is 24.3 Å². The topological polar surface area (TPSA) is 58.6 Å². The number of thioether (sulfide) groups is 1. The number of hydrogen-bond donors (Lipinski definition) is 1. The number of carbonyl (C=O) groups excluding carboxylic acids is 2. The third-order valence-corrected chi connectivity index (χ3v) is 6.28. The Morgan fingerprint density at radius 1 is 1.03 bits per heavy atom. The molecule has 2 aliphatic rings. The summed E-state index contributed by atoms with van der Waals surface area (Å²) in [7, 11) is 0. The Morgan fingerprint density at radius 2 is 1.81 bits per heavy atom. The summed E-state index contributed by atoms with van der Waals surface area (Å²) >= 11 is 0.906. The third kappa shape index (κ3) is 5.20. The van der Waals surface area contributed by atoms with E-state index in [2.05, 4.69) is 10.2 Å². The maximum atomic E-state index is 13.7. The molecule has 4 rings (SSSR count). The molecule has 0 radical (unpaired) electrons. The van der Waals surface area contributed by atoms with E-state index in [0.29, 0.717) is 22.5 Å². The number of nitrogens with one attached hydrogen (secondary N) is 1. The molecule has 1 N–H and O–H groups in total. The fourth-order valence-electron chi connectivity index (χ4n) is 3.77. The van der Waals surface area contributed by atoms with E-state index >= 15 is 0 Å². The van der Waals surface area contributed by atoms with Gasteiger partial charge in [0.15, 0.2) is 11.6 Å². The van der Waals surface area contributed by atoms with Crippen LogP contribution in [0.2, 0.25) is 0 Å². The van der Waals surface area contributed by atoms with Crippen molar-refractivity contribution in [1.82, 2.24) is 10.2 Å². The van der Waals surface area contributed by atoms with Crippen molar-refractivity contribution in [2.45, 2.75) is 12.8 Å². The zero-order valence-electron chi connectivity index (χ0n) is 16.8. The number of benzene rings is 2. The fraction of sp³-hybridized carbons (Fsp3) is 0.304. The van der Waals surface area contributed by atoms with Crippen LogP contribution in [0.15, 0.2) is 47.4 Å². The van der Waals surface area contributed by atoms with Gasteiger partial charge in [0.2, 0.25) is 0 Å². The van der Waals surface area contributed by atoms with Crippen LogP contribution >= 0.6 is 11.8 Å². The van der Waals surface area contributed by atoms with Gasteiger partial charge in [0, 0.05) is 13.1 Å². The first-order chi connectivity index (χ1) is 15.0. The summed E-state index contributed by atoms with van der Waals surface area (Å²) in [6.07, 6.45) is 1.43. The van der Waals surface area contributed by atoms with E-state index < -0.39 is 17.5 Å². The van der Waals surface area contributed by atoms with Crippen LogP contribution in [-0.4, -0.2) is 48.9 Å². The van der Waals surface area contributed by atoms with Crippen LogP contribution < -0.4 is 5.32 Å². The Hall–Kier alpha value is -2.55. The lowest BCUT2D eigenvalue weighted by molar-refractivity contribution is -0.115. The van der Waals surface area contributed by atoms with Gasteiger partial charge in [-0.05, 0) is 71.6 Å². The Bertz CT molecular complexity index is 1040. The molecule has 2 heterocycles. The first kappa shape index (κ1) is 21.7. The molecule has 5 nitrogen and oxygen atoms in total. The van der Waals surface area contributed by atoms with Crippen LogP contribution in [0.5, 0.6) is 0 Å². The summed E-state index contributed by atoms with van der Waals surface area (Å²) in [4.78, 5) is 26.9. The van der Waals surface area contributed by atoms with Crippen molar-refractivity contribution in [1.29, 1.82) is 0 Å². The SMILES string of the molecule is O=C1NC(=O)/C(=C(\CCCN2CCOCC2)c2cccc(-c3ccc(F)c(F)c3)c2)S1. The highest BCUT2D eigenvalue weighted by Crippen LogP contribution is 2.36. The Morgan fingerprint density at radius 3 is 2.52 bits per heavy atom. The Balaban J connectivity index is 1.62. The number of rotatable bonds is 6. The van der Waals surface area contributed by atoms with Crippen LogP contribution in [0.4, 0.5) is 13.6 Å². The molecular formula is C23H22F2N2O3S. The molecular weight excluding hydrogens is 422 g/mol. The average Bonchev–Trinajstić information content (AvgIpc) is 3.11. The minimum atomic E-state index is -0.914. The second-order valence-electron chi connectivity index (χ2n) is 7.42. The summed E-state index contributed by atoms with van der Waals surface area (Å²) < 4.78 is 32.4. The van der Waals surface area contributed by atoms with E-state index in [0.717, 1.165) is 74.3 Å². The third-order valence-electron chi connectivity index (χ3n) is 5.36. The van der Waals surface area contributed by atoms with Gasteiger partial charge < -0.3 is 4.74 Å². The lowest BCUT2D eigenvalue weighted by Crippen LogP contribution is -2.36. The van der Waals surface area contributed by atoms with Gasteiger partial charge in [-0.15, -0.1) is 0 Å². The molecule has 0 aliphatic carbocycles. The van der Waals surface area contributed by atoms with E-state index in [-0.39, 0.29) is 5.24 Å². The molecule has 2 amide bonds. The Kier molecular flexibility index (Phi) is 6.80. The van der Waals surface area contributed by atoms with Crippen LogP contribution in [0.25, 0.3) is 16.7 Å². The number of ether oxygens (including phenoxy) is 1. The van der Waals surface area contributed by atoms with Crippen LogP contribution in [0.3, 0.4) is 0 Å². The maximum Gasteiger partial charge on any atom is 0.290 e. The van der Waals surface area contributed by atoms with E-state index in [1.165, 1.54) is 6.07 Å². The summed E-state index contributed by atoms with van der Waals surface area (Å²) in [6.45, 7) is 4.06. The standard InChI is InChI=1S/C23H22F2N2O3S/c24-19-7-6-16(14-20(19)25)15-3-1-4-17(13-15)18(21-22(28)26-23(29)31-21)5-2-8-27-9-11-30-12-10-27/h1,3-4,6-7,13-14H,2,5,8-12H2,(H,26,28,29)/b21-18-. The van der Waals surface area contributed by atoms with E-state index in [4.69, 9.17) is 4.74 Å². The second kappa shape index (κ2) is 9.72. The van der Waals surface area contributed by atoms with Crippen molar-refractivity contribution in [3.63, 3.8) is 0 Å². The first-order valence-electron chi connectivity index (χ1n) is 10.1. The minimum Gasteiger partial charge on any atom is -0.379 e. The number of amides is 2. The quantitative estimate of drug-likeness (QED) is 0.668. The highest BCUT2D eigenvalue weighted by atomic mass is 32.2. The molecule has 0 atom stereocenters. The van der Waals surface area contributed by atoms with Crippen molar-refractivity contribution >= 4 is 28.5 Å². The number of carbonyl (C=O) groups is 2. The number of allylic oxidation sites excluding steroid dienone is 1. The highest BCUT2D eigenvalue weighted by Gasteiger charge is 2.29. The summed E-state index contributed by atoms with van der Waals surface area (Å²) in [5.41, 5.74) is 2.82. The van der Waals surface area contributed by atoms with Crippen molar-refractivity contribution in [2.75, 3.05) is 32.8 Å². The van der Waals surface area contributed by atoms with Gasteiger partial charge in [0.1, 0.15) is 0 Å². The zero-order valence-corrected chi connectivity index (χ0v) is 17.6. The van der Waals surface area contributed by atoms with E-state index in [9.17, 15) is 18.4 Å². The smallest absolute Gasteiger partial charge is 0.290 e. The summed E-state index contributed by atoms with van der Waals surface area (Å²) in [6, 6.07) is 11.1. The summed E-state index contributed by atoms with van der Waals surface area (Å²) in [5, 5.41) is 1.94. The molecule has 0 unspecified atom stereocenters. The van der Waals surface area contributed by atoms with Gasteiger partial charge >= 0.3 is 0 Å². The predicted molar refractivity (Wildman–Crippen MR) is 116 cm³/mol. The van der Waals surface area contributed by atoms with Crippen LogP contribution in [0.1, 0.15) is 18.4 Å². The van der Waals surface area contributed by atoms with E-state index in [1.807, 2.05) is 18.2 Å². The number of morpholine rings is 1. The van der Waals surface area contributed by atoms with Crippen LogP contribution in [0, 0.1) is 11.6 Å². The molecule has 8 heteroatoms. The molecule has 0 saturated carbocycles. The molecule has 2 aliphatic heterocycles. The van der Waals surface area contributed by atoms with Crippen LogP contribution in [-0.2, 0) is 9.53 Å². The molecule has 0 spiro atoms. The molecule has 2 aromatic rings. The van der Waals surface area contributed by atoms with Crippen molar-refractivity contribution in [3.8, 4) is 11.1 Å². The number of nitrogens with zero attached hydrogens (tertiary/aromatic N) is 1. The highest BCUT2D eigenvalue weighted by molar-refractivity contribution is 8.18. The Labute approximate surface area is 183 Å². The van der Waals surface area contributed by atoms with Gasteiger partial charge in [0.05, 0.1) is 18.1 Å². The second-order valence-corrected chi connectivity index (χ2v) is 8.40. The molecule has 2 aromatic carbocycles. The average molecular weight is 445 g/mol. The van der Waals surface area contributed by atoms with Gasteiger partial charge in [-0.3, -0.25) is 19.8 Å². The fourth-order valence-corrected chi connectivity index (χ4v) is 4.58. The van der Waals surface area contributed by atoms with Crippen molar-refractivity contribution in [2.24, 2.45) is 0 Å². The molecule has 31 heavy (non-hydrogen) atoms. The number of imide groups is 1. The maximum absolute atomic E-state index is 13.7. The molecule has 162 valence electrons. The normalized spacial score (nSPS) is 18.9. The first-order valence-corrected chi connectivity index (χ1v) is 10.9. The molecule has 2 fully saturated rings. The summed E-state index contributed by atoms with van der Waals surface area (Å²) in [5.74, 6) is -2.21.